The summed E-state index contributed by atoms with van der Waals surface area (Å²) in [5.74, 6) is -0.512. The van der Waals surface area contributed by atoms with E-state index < -0.39 is 15.9 Å². The second-order valence-electron chi connectivity index (χ2n) is 7.28. The van der Waals surface area contributed by atoms with E-state index in [9.17, 15) is 13.2 Å². The van der Waals surface area contributed by atoms with Gasteiger partial charge in [0.1, 0.15) is 0 Å². The second-order valence-corrected chi connectivity index (χ2v) is 11.0. The van der Waals surface area contributed by atoms with Gasteiger partial charge in [0.05, 0.1) is 31.8 Å². The molecule has 0 fully saturated rings. The fourth-order valence-corrected chi connectivity index (χ4v) is 6.24. The van der Waals surface area contributed by atoms with E-state index in [1.165, 1.54) is 52.1 Å². The van der Waals surface area contributed by atoms with Gasteiger partial charge in [0.15, 0.2) is 4.80 Å². The van der Waals surface area contributed by atoms with Gasteiger partial charge in [-0.3, -0.25) is 4.79 Å². The number of carbonyl (C=O) groups is 1. The van der Waals surface area contributed by atoms with Crippen molar-refractivity contribution in [1.29, 1.82) is 0 Å². The molecule has 0 saturated carbocycles. The van der Waals surface area contributed by atoms with Gasteiger partial charge in [-0.2, -0.15) is 9.30 Å². The first kappa shape index (κ1) is 27.3. The molecule has 3 rings (SSSR count). The average Bonchev–Trinajstić information content (AvgIpc) is 3.19. The third-order valence-electron chi connectivity index (χ3n) is 5.00. The van der Waals surface area contributed by atoms with Gasteiger partial charge in [-0.1, -0.05) is 46.7 Å². The Morgan fingerprint density at radius 2 is 1.80 bits per heavy atom. The molecule has 0 aliphatic carbocycles. The van der Waals surface area contributed by atoms with Crippen LogP contribution in [0.2, 0.25) is 10.0 Å². The van der Waals surface area contributed by atoms with E-state index in [-0.39, 0.29) is 23.5 Å². The average molecular weight is 555 g/mol. The Morgan fingerprint density at radius 3 is 2.40 bits per heavy atom. The molecule has 0 unspecified atom stereocenters. The zero-order valence-corrected chi connectivity index (χ0v) is 22.3. The predicted molar refractivity (Wildman–Crippen MR) is 142 cm³/mol. The van der Waals surface area contributed by atoms with Crippen LogP contribution in [0.25, 0.3) is 10.2 Å². The van der Waals surface area contributed by atoms with Gasteiger partial charge < -0.3 is 9.30 Å². The fourth-order valence-electron chi connectivity index (χ4n) is 3.32. The van der Waals surface area contributed by atoms with Crippen LogP contribution in [-0.4, -0.2) is 49.5 Å². The van der Waals surface area contributed by atoms with Crippen LogP contribution in [0, 0.1) is 0 Å². The van der Waals surface area contributed by atoms with Crippen molar-refractivity contribution in [3.63, 3.8) is 0 Å². The highest BCUT2D eigenvalue weighted by molar-refractivity contribution is 7.89. The Morgan fingerprint density at radius 1 is 1.14 bits per heavy atom. The SMILES string of the molecule is C=CCN(CC=C)S(=O)(=O)c1ccc(C(=O)N=c2sc3ccc(Cl)c(Cl)c3n2CCOCC)cc1. The van der Waals surface area contributed by atoms with Crippen LogP contribution in [0.1, 0.15) is 17.3 Å². The van der Waals surface area contributed by atoms with Crippen molar-refractivity contribution in [3.8, 4) is 0 Å². The van der Waals surface area contributed by atoms with Crippen molar-refractivity contribution >= 4 is 60.7 Å². The molecule has 0 spiro atoms. The Hall–Kier alpha value is -2.27. The standard InChI is InChI=1S/C24H25Cl2N3O4S2/c1-4-13-28(14-5-2)35(31,32)18-9-7-17(8-10-18)23(30)27-24-29(15-16-33-6-3)22-20(34-24)12-11-19(25)21(22)26/h4-5,7-12H,1-2,6,13-16H2,3H3. The van der Waals surface area contributed by atoms with Gasteiger partial charge in [-0.25, -0.2) is 8.42 Å². The lowest BCUT2D eigenvalue weighted by Crippen LogP contribution is -2.31. The molecule has 11 heteroatoms. The number of amides is 1. The smallest absolute Gasteiger partial charge is 0.279 e. The molecule has 3 aromatic rings. The number of benzene rings is 2. The van der Waals surface area contributed by atoms with Crippen molar-refractivity contribution in [2.75, 3.05) is 26.3 Å². The minimum Gasteiger partial charge on any atom is -0.380 e. The van der Waals surface area contributed by atoms with Crippen LogP contribution in [0.4, 0.5) is 0 Å². The summed E-state index contributed by atoms with van der Waals surface area (Å²) in [5.41, 5.74) is 0.933. The van der Waals surface area contributed by atoms with Crippen molar-refractivity contribution in [3.05, 3.63) is 82.1 Å². The van der Waals surface area contributed by atoms with E-state index in [2.05, 4.69) is 18.2 Å². The highest BCUT2D eigenvalue weighted by Gasteiger charge is 2.22. The number of fused-ring (bicyclic) bond motifs is 1. The van der Waals surface area contributed by atoms with Crippen LogP contribution >= 0.6 is 34.5 Å². The quantitative estimate of drug-likeness (QED) is 0.243. The molecule has 0 radical (unpaired) electrons. The lowest BCUT2D eigenvalue weighted by Gasteiger charge is -2.19. The number of carbonyl (C=O) groups excluding carboxylic acids is 1. The maximum Gasteiger partial charge on any atom is 0.279 e. The number of halogens is 2. The third-order valence-corrected chi connectivity index (χ3v) is 8.68. The van der Waals surface area contributed by atoms with Crippen molar-refractivity contribution in [2.45, 2.75) is 18.4 Å². The highest BCUT2D eigenvalue weighted by atomic mass is 35.5. The van der Waals surface area contributed by atoms with Crippen LogP contribution in [-0.2, 0) is 21.3 Å². The minimum atomic E-state index is -3.77. The molecule has 0 N–H and O–H groups in total. The normalized spacial score (nSPS) is 12.4. The summed E-state index contributed by atoms with van der Waals surface area (Å²) >= 11 is 14.0. The van der Waals surface area contributed by atoms with E-state index >= 15 is 0 Å². The summed E-state index contributed by atoms with van der Waals surface area (Å²) in [7, 11) is -3.77. The van der Waals surface area contributed by atoms with Gasteiger partial charge in [0, 0.05) is 31.8 Å². The van der Waals surface area contributed by atoms with Gasteiger partial charge in [-0.05, 0) is 43.3 Å². The molecular formula is C24H25Cl2N3O4S2. The lowest BCUT2D eigenvalue weighted by molar-refractivity contribution is 0.0996. The molecule has 7 nitrogen and oxygen atoms in total. The first-order chi connectivity index (χ1) is 16.7. The first-order valence-electron chi connectivity index (χ1n) is 10.7. The van der Waals surface area contributed by atoms with Gasteiger partial charge in [0.2, 0.25) is 10.0 Å². The third kappa shape index (κ3) is 6.11. The predicted octanol–water partition coefficient (Wildman–Crippen LogP) is 5.15. The summed E-state index contributed by atoms with van der Waals surface area (Å²) in [5, 5.41) is 0.780. The highest BCUT2D eigenvalue weighted by Crippen LogP contribution is 2.32. The number of hydrogen-bond acceptors (Lipinski definition) is 5. The van der Waals surface area contributed by atoms with Crippen LogP contribution in [0.15, 0.2) is 71.6 Å². The van der Waals surface area contributed by atoms with Gasteiger partial charge >= 0.3 is 0 Å². The molecule has 2 aromatic carbocycles. The Kier molecular flexibility index (Phi) is 9.46. The molecule has 0 bridgehead atoms. The summed E-state index contributed by atoms with van der Waals surface area (Å²) in [4.78, 5) is 17.8. The molecule has 0 atom stereocenters. The van der Waals surface area contributed by atoms with Gasteiger partial charge in [0.25, 0.3) is 5.91 Å². The number of thiazole rings is 1. The summed E-state index contributed by atoms with van der Waals surface area (Å²) in [6.45, 7) is 10.8. The van der Waals surface area contributed by atoms with Crippen LogP contribution in [0.3, 0.4) is 0 Å². The minimum absolute atomic E-state index is 0.0628. The number of aromatic nitrogens is 1. The molecule has 186 valence electrons. The maximum absolute atomic E-state index is 13.0. The molecule has 1 aromatic heterocycles. The molecule has 0 saturated heterocycles. The molecule has 1 amide bonds. The number of sulfonamides is 1. The number of hydrogen-bond donors (Lipinski definition) is 0. The first-order valence-corrected chi connectivity index (χ1v) is 13.7. The fraction of sp³-hybridized carbons (Fsp3) is 0.250. The maximum atomic E-state index is 13.0. The number of rotatable bonds is 11. The van der Waals surface area contributed by atoms with E-state index in [4.69, 9.17) is 27.9 Å². The monoisotopic (exact) mass is 553 g/mol. The Balaban J connectivity index is 1.99. The molecule has 35 heavy (non-hydrogen) atoms. The second kappa shape index (κ2) is 12.1. The topological polar surface area (TPSA) is 81.0 Å². The van der Waals surface area contributed by atoms with E-state index in [0.717, 1.165) is 4.70 Å². The summed E-state index contributed by atoms with van der Waals surface area (Å²) in [6, 6.07) is 9.19. The van der Waals surface area contributed by atoms with E-state index in [0.29, 0.717) is 40.1 Å². The van der Waals surface area contributed by atoms with Crippen LogP contribution < -0.4 is 4.80 Å². The van der Waals surface area contributed by atoms with Crippen LogP contribution in [0.5, 0.6) is 0 Å². The molecule has 1 heterocycles. The van der Waals surface area contributed by atoms with E-state index in [1.54, 1.807) is 6.07 Å². The van der Waals surface area contributed by atoms with Crippen molar-refractivity contribution in [2.24, 2.45) is 4.99 Å². The molecular weight excluding hydrogens is 529 g/mol. The molecule has 0 aliphatic rings. The van der Waals surface area contributed by atoms with Crippen molar-refractivity contribution < 1.29 is 17.9 Å². The van der Waals surface area contributed by atoms with Crippen molar-refractivity contribution in [1.82, 2.24) is 8.87 Å². The van der Waals surface area contributed by atoms with E-state index in [1.807, 2.05) is 17.6 Å². The Bertz CT molecular complexity index is 1400. The summed E-state index contributed by atoms with van der Waals surface area (Å²) in [6.07, 6.45) is 3.01. The molecule has 0 aliphatic heterocycles. The Labute approximate surface area is 218 Å². The lowest BCUT2D eigenvalue weighted by atomic mass is 10.2. The number of ether oxygens (including phenoxy) is 1. The van der Waals surface area contributed by atoms with Gasteiger partial charge in [-0.15, -0.1) is 13.2 Å². The largest absolute Gasteiger partial charge is 0.380 e. The summed E-state index contributed by atoms with van der Waals surface area (Å²) < 4.78 is 35.1. The number of nitrogens with zero attached hydrogens (tertiary/aromatic N) is 3. The zero-order valence-electron chi connectivity index (χ0n) is 19.1. The zero-order chi connectivity index (χ0) is 25.6.